The molecule has 3 fully saturated rings. The minimum absolute atomic E-state index is 0.0259. The Hall–Kier alpha value is -2.30. The van der Waals surface area contributed by atoms with Crippen LogP contribution in [0.3, 0.4) is 0 Å². The molecule has 45 heavy (non-hydrogen) atoms. The van der Waals surface area contributed by atoms with Crippen LogP contribution in [-0.2, 0) is 11.1 Å². The van der Waals surface area contributed by atoms with Gasteiger partial charge in [0.05, 0.1) is 0 Å². The molecule has 0 spiro atoms. The molecule has 1 aliphatic carbocycles. The number of hydrogen-bond acceptors (Lipinski definition) is 7. The molecule has 2 saturated heterocycles. The predicted molar refractivity (Wildman–Crippen MR) is 183 cm³/mol. The second-order valence-electron chi connectivity index (χ2n) is 13.4. The van der Waals surface area contributed by atoms with E-state index < -0.39 is 11.1 Å². The van der Waals surface area contributed by atoms with E-state index >= 15 is 0 Å². The Morgan fingerprint density at radius 2 is 1.69 bits per heavy atom. The Balaban J connectivity index is 1.36. The number of likely N-dealkylation sites (tertiary alicyclic amines) is 1. The van der Waals surface area contributed by atoms with Gasteiger partial charge in [0.2, 0.25) is 0 Å². The van der Waals surface area contributed by atoms with Crippen molar-refractivity contribution in [3.63, 3.8) is 0 Å². The Kier molecular flexibility index (Phi) is 12.5. The highest BCUT2D eigenvalue weighted by Gasteiger charge is 2.40. The summed E-state index contributed by atoms with van der Waals surface area (Å²) in [5, 5.41) is 10.8. The van der Waals surface area contributed by atoms with Gasteiger partial charge in [-0.15, -0.1) is 0 Å². The molecule has 5 atom stereocenters. The van der Waals surface area contributed by atoms with Gasteiger partial charge in [-0.2, -0.15) is 0 Å². The molecule has 2 heterocycles. The molecule has 5 rings (SSSR count). The maximum atomic E-state index is 13.0. The van der Waals surface area contributed by atoms with Crippen LogP contribution in [0.1, 0.15) is 107 Å². The second-order valence-corrected chi connectivity index (χ2v) is 14.3. The van der Waals surface area contributed by atoms with Crippen LogP contribution >= 0.6 is 0 Å². The molecule has 8 nitrogen and oxygen atoms in total. The van der Waals surface area contributed by atoms with Gasteiger partial charge in [0.1, 0.15) is 6.29 Å². The molecule has 3 aliphatic rings. The monoisotopic (exact) mass is 636 g/mol. The molecular weight excluding hydrogens is 582 g/mol. The summed E-state index contributed by atoms with van der Waals surface area (Å²) >= 11 is -2.32. The molecule has 2 aromatic rings. The van der Waals surface area contributed by atoms with Gasteiger partial charge in [0.15, 0.2) is 0 Å². The lowest BCUT2D eigenvalue weighted by atomic mass is 9.83. The van der Waals surface area contributed by atoms with Crippen molar-refractivity contribution in [2.75, 3.05) is 30.3 Å². The van der Waals surface area contributed by atoms with Gasteiger partial charge < -0.3 is 20.1 Å². The molecule has 0 bridgehead atoms. The summed E-state index contributed by atoms with van der Waals surface area (Å²) in [7, 11) is 0. The minimum Gasteiger partial charge on any atom is -0.768 e. The van der Waals surface area contributed by atoms with Crippen molar-refractivity contribution in [1.82, 2.24) is 15.1 Å². The Morgan fingerprint density at radius 1 is 0.978 bits per heavy atom. The van der Waals surface area contributed by atoms with Crippen molar-refractivity contribution in [3.05, 3.63) is 53.6 Å². The summed E-state index contributed by atoms with van der Waals surface area (Å²) in [6, 6.07) is 13.8. The molecule has 3 N–H and O–H groups in total. The summed E-state index contributed by atoms with van der Waals surface area (Å²) < 4.78 is 22.4. The molecule has 2 aromatic carbocycles. The van der Waals surface area contributed by atoms with Crippen molar-refractivity contribution in [2.24, 2.45) is 5.92 Å². The topological polar surface area (TPSA) is 99.8 Å². The molecule has 248 valence electrons. The first-order chi connectivity index (χ1) is 21.9. The van der Waals surface area contributed by atoms with E-state index in [-0.39, 0.29) is 17.1 Å². The van der Waals surface area contributed by atoms with Crippen LogP contribution in [0.5, 0.6) is 0 Å². The molecule has 1 saturated carbocycles. The normalized spacial score (nSPS) is 24.1. The molecule has 2 aliphatic heterocycles. The highest BCUT2D eigenvalue weighted by atomic mass is 32.2. The van der Waals surface area contributed by atoms with Gasteiger partial charge in [-0.05, 0) is 130 Å². The van der Waals surface area contributed by atoms with E-state index in [1.165, 1.54) is 102 Å². The summed E-state index contributed by atoms with van der Waals surface area (Å²) in [5.74, 6) is 0.389. The van der Waals surface area contributed by atoms with Gasteiger partial charge in [-0.25, -0.2) is 0 Å². The number of rotatable bonds is 12. The number of nitrogens with zero attached hydrogens (tertiary/aromatic N) is 2. The van der Waals surface area contributed by atoms with Crippen LogP contribution in [0, 0.1) is 12.8 Å². The quantitative estimate of drug-likeness (QED) is 0.173. The van der Waals surface area contributed by atoms with E-state index in [1.54, 1.807) is 12.1 Å². The lowest BCUT2D eigenvalue weighted by molar-refractivity contribution is -0.00508. The van der Waals surface area contributed by atoms with Crippen LogP contribution in [0.4, 0.5) is 11.4 Å². The van der Waals surface area contributed by atoms with E-state index in [0.29, 0.717) is 35.3 Å². The van der Waals surface area contributed by atoms with Gasteiger partial charge in [-0.3, -0.25) is 19.2 Å². The van der Waals surface area contributed by atoms with E-state index in [2.05, 4.69) is 52.6 Å². The standard InChI is InChI=1S/C36H55N5O3S/c1-4-27(24-30(5-2)40-22-10-11-23-40)34-20-21-37-36(41(34)31-12-8-6-7-9-13-31)39-33-25-29(17-14-26(33)3)38-35(42)28-15-18-32(19-16-28)45(43)44/h14-19,25,27,30-31,34,36-37,39H,4-13,20-24H2,1-3H3,(H,38,42)(H,43,44)/p-1. The first-order valence-corrected chi connectivity index (χ1v) is 18.6. The minimum atomic E-state index is -2.32. The number of anilines is 2. The fourth-order valence-electron chi connectivity index (χ4n) is 8.01. The van der Waals surface area contributed by atoms with Crippen molar-refractivity contribution in [2.45, 2.75) is 127 Å². The fraction of sp³-hybridized carbons (Fsp3) is 0.639. The van der Waals surface area contributed by atoms with E-state index in [0.717, 1.165) is 17.8 Å². The highest BCUT2D eigenvalue weighted by Crippen LogP contribution is 2.35. The molecule has 0 aromatic heterocycles. The van der Waals surface area contributed by atoms with Crippen molar-refractivity contribution >= 4 is 28.4 Å². The molecule has 0 radical (unpaired) electrons. The number of carbonyl (C=O) groups excluding carboxylic acids is 1. The number of nitrogens with one attached hydrogen (secondary N) is 3. The average molecular weight is 637 g/mol. The van der Waals surface area contributed by atoms with Gasteiger partial charge in [0, 0.05) is 40.0 Å². The predicted octanol–water partition coefficient (Wildman–Crippen LogP) is 6.86. The Morgan fingerprint density at radius 3 is 2.33 bits per heavy atom. The van der Waals surface area contributed by atoms with Crippen LogP contribution in [0.25, 0.3) is 0 Å². The van der Waals surface area contributed by atoms with Gasteiger partial charge >= 0.3 is 0 Å². The Bertz CT molecular complexity index is 1260. The number of amides is 1. The highest BCUT2D eigenvalue weighted by molar-refractivity contribution is 7.79. The second kappa shape index (κ2) is 16.5. The van der Waals surface area contributed by atoms with Crippen LogP contribution < -0.4 is 16.0 Å². The number of hydrogen-bond donors (Lipinski definition) is 3. The smallest absolute Gasteiger partial charge is 0.255 e. The summed E-state index contributed by atoms with van der Waals surface area (Å²) in [6.07, 6.45) is 15.4. The SMILES string of the molecule is CCC(CC(CC)N1CCCC1)C1CCNC(Nc2cc(NC(=O)c3ccc(S(=O)[O-])cc3)ccc2C)N1C1CCCCCC1. The van der Waals surface area contributed by atoms with Crippen LogP contribution in [0.2, 0.25) is 0 Å². The van der Waals surface area contributed by atoms with Crippen molar-refractivity contribution < 1.29 is 13.6 Å². The average Bonchev–Trinajstić information content (AvgIpc) is 3.45. The van der Waals surface area contributed by atoms with Crippen molar-refractivity contribution in [3.8, 4) is 0 Å². The van der Waals surface area contributed by atoms with Crippen LogP contribution in [-0.4, -0.2) is 68.5 Å². The molecule has 1 amide bonds. The van der Waals surface area contributed by atoms with Crippen molar-refractivity contribution in [1.29, 1.82) is 0 Å². The zero-order chi connectivity index (χ0) is 31.8. The lowest BCUT2D eigenvalue weighted by Gasteiger charge is -2.50. The first-order valence-electron chi connectivity index (χ1n) is 17.5. The third kappa shape index (κ3) is 8.74. The third-order valence-corrected chi connectivity index (χ3v) is 11.2. The van der Waals surface area contributed by atoms with Gasteiger partial charge in [0.25, 0.3) is 5.91 Å². The zero-order valence-electron chi connectivity index (χ0n) is 27.6. The van der Waals surface area contributed by atoms with E-state index in [1.807, 2.05) is 12.1 Å². The maximum Gasteiger partial charge on any atom is 0.255 e. The number of benzene rings is 2. The first kappa shape index (κ1) is 34.0. The number of carbonyl (C=O) groups is 1. The van der Waals surface area contributed by atoms with E-state index in [4.69, 9.17) is 0 Å². The zero-order valence-corrected chi connectivity index (χ0v) is 28.4. The van der Waals surface area contributed by atoms with Gasteiger partial charge in [-0.1, -0.05) is 52.0 Å². The van der Waals surface area contributed by atoms with E-state index in [9.17, 15) is 13.6 Å². The lowest BCUT2D eigenvalue weighted by Crippen LogP contribution is -2.64. The summed E-state index contributed by atoms with van der Waals surface area (Å²) in [5.41, 5.74) is 3.27. The number of aryl methyl sites for hydroxylation is 1. The largest absolute Gasteiger partial charge is 0.768 e. The molecule has 5 unspecified atom stereocenters. The summed E-state index contributed by atoms with van der Waals surface area (Å²) in [4.78, 5) is 18.8. The molecule has 9 heteroatoms. The summed E-state index contributed by atoms with van der Waals surface area (Å²) in [6.45, 7) is 10.4. The third-order valence-electron chi connectivity index (χ3n) is 10.6. The Labute approximate surface area is 273 Å². The van der Waals surface area contributed by atoms with Crippen LogP contribution in [0.15, 0.2) is 47.4 Å². The fourth-order valence-corrected chi connectivity index (χ4v) is 8.36. The maximum absolute atomic E-state index is 13.0. The molecular formula is C36H54N5O3S-.